The molecule has 1 aliphatic rings. The molecule has 1 fully saturated rings. The highest BCUT2D eigenvalue weighted by molar-refractivity contribution is 5.32. The molecule has 2 rings (SSSR count). The maximum absolute atomic E-state index is 8.83. The van der Waals surface area contributed by atoms with E-state index in [4.69, 9.17) is 10.00 Å². The molecule has 0 saturated carbocycles. The van der Waals surface area contributed by atoms with E-state index >= 15 is 0 Å². The van der Waals surface area contributed by atoms with Crippen molar-refractivity contribution in [2.75, 3.05) is 37.7 Å². The summed E-state index contributed by atoms with van der Waals surface area (Å²) < 4.78 is 5.56. The van der Waals surface area contributed by atoms with E-state index in [2.05, 4.69) is 34.2 Å². The molecule has 1 aromatic heterocycles. The van der Waals surface area contributed by atoms with Crippen molar-refractivity contribution in [3.8, 4) is 11.9 Å². The van der Waals surface area contributed by atoms with Crippen LogP contribution in [0.4, 0.5) is 5.95 Å². The number of ether oxygens (including phenoxy) is 1. The lowest BCUT2D eigenvalue weighted by Crippen LogP contribution is -2.44. The molecule has 0 N–H and O–H groups in total. The number of anilines is 1. The Kier molecular flexibility index (Phi) is 5.55. The van der Waals surface area contributed by atoms with Crippen LogP contribution in [0.15, 0.2) is 49.4 Å². The Morgan fingerprint density at radius 1 is 1.32 bits per heavy atom. The quantitative estimate of drug-likeness (QED) is 0.589. The number of nitrogens with zero attached hydrogens (tertiary/aromatic N) is 5. The molecule has 0 aromatic carbocycles. The highest BCUT2D eigenvalue weighted by atomic mass is 16.5. The SMILES string of the molecule is C=C/C=C\C(=C)COc1cnc(N2CCN(C#N)CC2)nc1. The van der Waals surface area contributed by atoms with Gasteiger partial charge in [0.2, 0.25) is 5.95 Å². The van der Waals surface area contributed by atoms with E-state index in [0.29, 0.717) is 31.4 Å². The summed E-state index contributed by atoms with van der Waals surface area (Å²) in [6.45, 7) is 10.8. The van der Waals surface area contributed by atoms with E-state index in [9.17, 15) is 0 Å². The largest absolute Gasteiger partial charge is 0.486 e. The second-order valence-corrected chi connectivity index (χ2v) is 4.83. The van der Waals surface area contributed by atoms with Crippen LogP contribution in [0.25, 0.3) is 0 Å². The summed E-state index contributed by atoms with van der Waals surface area (Å²) in [7, 11) is 0. The molecule has 1 saturated heterocycles. The minimum absolute atomic E-state index is 0.383. The molecule has 1 aromatic rings. The van der Waals surface area contributed by atoms with E-state index in [1.807, 2.05) is 12.2 Å². The maximum Gasteiger partial charge on any atom is 0.225 e. The lowest BCUT2D eigenvalue weighted by atomic mass is 10.3. The molecule has 0 spiro atoms. The van der Waals surface area contributed by atoms with Crippen LogP contribution in [0, 0.1) is 11.5 Å². The summed E-state index contributed by atoms with van der Waals surface area (Å²) >= 11 is 0. The Balaban J connectivity index is 1.85. The first-order chi connectivity index (χ1) is 10.7. The summed E-state index contributed by atoms with van der Waals surface area (Å²) in [6, 6.07) is 0. The fourth-order valence-electron chi connectivity index (χ4n) is 1.98. The van der Waals surface area contributed by atoms with Crippen LogP contribution in [0.5, 0.6) is 5.75 Å². The molecule has 1 aliphatic heterocycles. The molecule has 22 heavy (non-hydrogen) atoms. The van der Waals surface area contributed by atoms with Crippen LogP contribution in [-0.4, -0.2) is 47.7 Å². The first kappa shape index (κ1) is 15.6. The predicted octanol–water partition coefficient (Wildman–Crippen LogP) is 1.76. The van der Waals surface area contributed by atoms with Gasteiger partial charge in [0.1, 0.15) is 6.61 Å². The Hall–Kier alpha value is -2.81. The summed E-state index contributed by atoms with van der Waals surface area (Å²) in [5, 5.41) is 8.83. The number of nitriles is 1. The van der Waals surface area contributed by atoms with Crippen LogP contribution in [0.3, 0.4) is 0 Å². The van der Waals surface area contributed by atoms with Gasteiger partial charge >= 0.3 is 0 Å². The molecule has 0 atom stereocenters. The Bertz CT molecular complexity index is 580. The van der Waals surface area contributed by atoms with Crippen molar-refractivity contribution in [1.82, 2.24) is 14.9 Å². The number of rotatable bonds is 6. The number of hydrogen-bond acceptors (Lipinski definition) is 6. The molecule has 0 bridgehead atoms. The fourth-order valence-corrected chi connectivity index (χ4v) is 1.98. The third-order valence-corrected chi connectivity index (χ3v) is 3.21. The van der Waals surface area contributed by atoms with Gasteiger partial charge in [0.15, 0.2) is 11.9 Å². The normalized spacial score (nSPS) is 14.7. The Morgan fingerprint density at radius 3 is 2.59 bits per heavy atom. The number of piperazine rings is 1. The zero-order valence-electron chi connectivity index (χ0n) is 12.5. The van der Waals surface area contributed by atoms with Crippen LogP contribution >= 0.6 is 0 Å². The van der Waals surface area contributed by atoms with Gasteiger partial charge in [-0.2, -0.15) is 5.26 Å². The molecule has 114 valence electrons. The molecule has 2 heterocycles. The zero-order valence-corrected chi connectivity index (χ0v) is 12.5. The number of hydrogen-bond donors (Lipinski definition) is 0. The maximum atomic E-state index is 8.83. The van der Waals surface area contributed by atoms with Gasteiger partial charge in [-0.25, -0.2) is 9.97 Å². The molecule has 0 aliphatic carbocycles. The average molecular weight is 297 g/mol. The van der Waals surface area contributed by atoms with E-state index in [0.717, 1.165) is 18.7 Å². The van der Waals surface area contributed by atoms with E-state index in [1.54, 1.807) is 23.4 Å². The van der Waals surface area contributed by atoms with Crippen molar-refractivity contribution in [2.24, 2.45) is 0 Å². The van der Waals surface area contributed by atoms with Crippen LogP contribution in [0.2, 0.25) is 0 Å². The topological polar surface area (TPSA) is 65.3 Å². The third kappa shape index (κ3) is 4.35. The number of aromatic nitrogens is 2. The van der Waals surface area contributed by atoms with Crippen molar-refractivity contribution in [1.29, 1.82) is 5.26 Å². The zero-order chi connectivity index (χ0) is 15.8. The summed E-state index contributed by atoms with van der Waals surface area (Å²) in [5.41, 5.74) is 0.844. The van der Waals surface area contributed by atoms with Gasteiger partial charge in [-0.3, -0.25) is 0 Å². The lowest BCUT2D eigenvalue weighted by Gasteiger charge is -2.31. The monoisotopic (exact) mass is 297 g/mol. The van der Waals surface area contributed by atoms with Gasteiger partial charge in [-0.1, -0.05) is 31.4 Å². The van der Waals surface area contributed by atoms with Gasteiger partial charge in [-0.15, -0.1) is 0 Å². The molecule has 0 amide bonds. The van der Waals surface area contributed by atoms with E-state index in [1.165, 1.54) is 0 Å². The minimum atomic E-state index is 0.383. The van der Waals surface area contributed by atoms with Crippen molar-refractivity contribution >= 4 is 5.95 Å². The van der Waals surface area contributed by atoms with Crippen molar-refractivity contribution in [3.63, 3.8) is 0 Å². The molecule has 6 heteroatoms. The smallest absolute Gasteiger partial charge is 0.225 e. The van der Waals surface area contributed by atoms with Crippen molar-refractivity contribution in [2.45, 2.75) is 0 Å². The standard InChI is InChI=1S/C16H19N5O/c1-3-4-5-14(2)12-22-15-10-18-16(19-11-15)21-8-6-20(13-17)7-9-21/h3-5,10-11H,1-2,6-9,12H2/b5-4-. The fraction of sp³-hybridized carbons (Fsp3) is 0.312. The molecule has 6 nitrogen and oxygen atoms in total. The van der Waals surface area contributed by atoms with Crippen molar-refractivity contribution in [3.05, 3.63) is 49.4 Å². The lowest BCUT2D eigenvalue weighted by molar-refractivity contribution is 0.350. The molecular formula is C16H19N5O. The first-order valence-corrected chi connectivity index (χ1v) is 7.04. The van der Waals surface area contributed by atoms with E-state index in [-0.39, 0.29) is 0 Å². The first-order valence-electron chi connectivity index (χ1n) is 7.04. The highest BCUT2D eigenvalue weighted by Crippen LogP contribution is 2.14. The van der Waals surface area contributed by atoms with Crippen LogP contribution in [-0.2, 0) is 0 Å². The van der Waals surface area contributed by atoms with Gasteiger partial charge in [0, 0.05) is 26.2 Å². The summed E-state index contributed by atoms with van der Waals surface area (Å²) in [6.07, 6.45) is 10.8. The average Bonchev–Trinajstić information content (AvgIpc) is 2.58. The molecule has 0 radical (unpaired) electrons. The Labute approximate surface area is 130 Å². The molecule has 0 unspecified atom stereocenters. The molecular weight excluding hydrogens is 278 g/mol. The second kappa shape index (κ2) is 7.84. The van der Waals surface area contributed by atoms with Crippen molar-refractivity contribution < 1.29 is 4.74 Å². The second-order valence-electron chi connectivity index (χ2n) is 4.83. The van der Waals surface area contributed by atoms with Gasteiger partial charge < -0.3 is 14.5 Å². The summed E-state index contributed by atoms with van der Waals surface area (Å²) in [4.78, 5) is 12.4. The van der Waals surface area contributed by atoms with Gasteiger partial charge in [-0.05, 0) is 5.57 Å². The van der Waals surface area contributed by atoms with Crippen LogP contribution < -0.4 is 9.64 Å². The number of allylic oxidation sites excluding steroid dienone is 2. The minimum Gasteiger partial charge on any atom is -0.486 e. The highest BCUT2D eigenvalue weighted by Gasteiger charge is 2.17. The van der Waals surface area contributed by atoms with Crippen LogP contribution in [0.1, 0.15) is 0 Å². The predicted molar refractivity (Wildman–Crippen MR) is 85.4 cm³/mol. The Morgan fingerprint density at radius 2 is 2.00 bits per heavy atom. The summed E-state index contributed by atoms with van der Waals surface area (Å²) in [5.74, 6) is 1.27. The van der Waals surface area contributed by atoms with Gasteiger partial charge in [0.05, 0.1) is 12.4 Å². The van der Waals surface area contributed by atoms with Gasteiger partial charge in [0.25, 0.3) is 0 Å². The third-order valence-electron chi connectivity index (χ3n) is 3.21. The van der Waals surface area contributed by atoms with E-state index < -0.39 is 0 Å².